The van der Waals surface area contributed by atoms with Gasteiger partial charge in [-0.1, -0.05) is 53.5 Å². The summed E-state index contributed by atoms with van der Waals surface area (Å²) in [4.78, 5) is 27.2. The molecule has 1 heterocycles. The molecule has 3 aromatic rings. The van der Waals surface area contributed by atoms with Crippen LogP contribution < -0.4 is 10.1 Å². The van der Waals surface area contributed by atoms with Gasteiger partial charge in [0.05, 0.1) is 10.6 Å². The highest BCUT2D eigenvalue weighted by atomic mass is 35.5. The molecular formula is C26H24Cl2N2O3. The molecule has 0 atom stereocenters. The number of hydrogen-bond acceptors (Lipinski definition) is 3. The normalized spacial score (nSPS) is 14.1. The van der Waals surface area contributed by atoms with Crippen LogP contribution in [0, 0.1) is 5.92 Å². The lowest BCUT2D eigenvalue weighted by Gasteiger charge is -2.31. The van der Waals surface area contributed by atoms with E-state index >= 15 is 0 Å². The maximum absolute atomic E-state index is 12.8. The van der Waals surface area contributed by atoms with Crippen LogP contribution in [0.5, 0.6) is 5.75 Å². The van der Waals surface area contributed by atoms with Gasteiger partial charge < -0.3 is 15.0 Å². The van der Waals surface area contributed by atoms with Gasteiger partial charge in [0.25, 0.3) is 5.91 Å². The van der Waals surface area contributed by atoms with Crippen LogP contribution in [0.15, 0.2) is 72.8 Å². The van der Waals surface area contributed by atoms with Crippen LogP contribution >= 0.6 is 23.2 Å². The zero-order valence-electron chi connectivity index (χ0n) is 18.0. The summed E-state index contributed by atoms with van der Waals surface area (Å²) in [5.74, 6) is 0.416. The first-order valence-electron chi connectivity index (χ1n) is 10.8. The molecule has 0 saturated carbocycles. The molecule has 0 bridgehead atoms. The van der Waals surface area contributed by atoms with E-state index in [4.69, 9.17) is 27.9 Å². The number of carbonyl (C=O) groups is 2. The molecule has 2 amide bonds. The molecular weight excluding hydrogens is 459 g/mol. The molecule has 1 aliphatic heterocycles. The summed E-state index contributed by atoms with van der Waals surface area (Å²) in [5.41, 5.74) is 2.25. The number of nitrogens with zero attached hydrogens (tertiary/aromatic N) is 1. The highest BCUT2D eigenvalue weighted by molar-refractivity contribution is 6.36. The zero-order valence-corrected chi connectivity index (χ0v) is 19.5. The fourth-order valence-electron chi connectivity index (χ4n) is 3.80. The summed E-state index contributed by atoms with van der Waals surface area (Å²) >= 11 is 12.1. The van der Waals surface area contributed by atoms with Gasteiger partial charge in [0, 0.05) is 29.7 Å². The van der Waals surface area contributed by atoms with Gasteiger partial charge in [0.15, 0.2) is 0 Å². The Kier molecular flexibility index (Phi) is 7.53. The van der Waals surface area contributed by atoms with Crippen molar-refractivity contribution >= 4 is 40.7 Å². The van der Waals surface area contributed by atoms with Crippen LogP contribution in [0.1, 0.15) is 28.8 Å². The van der Waals surface area contributed by atoms with Crippen molar-refractivity contribution in [2.24, 2.45) is 5.92 Å². The van der Waals surface area contributed by atoms with Gasteiger partial charge in [0.1, 0.15) is 12.4 Å². The van der Waals surface area contributed by atoms with Gasteiger partial charge in [-0.05, 0) is 60.9 Å². The number of carbonyl (C=O) groups excluding carboxylic acids is 2. The summed E-state index contributed by atoms with van der Waals surface area (Å²) in [6, 6.07) is 22.2. The fourth-order valence-corrected chi connectivity index (χ4v) is 4.29. The molecule has 33 heavy (non-hydrogen) atoms. The quantitative estimate of drug-likeness (QED) is 0.464. The summed E-state index contributed by atoms with van der Waals surface area (Å²) in [6.45, 7) is 1.50. The number of halogens is 2. The molecule has 170 valence electrons. The second-order valence-electron chi connectivity index (χ2n) is 7.98. The van der Waals surface area contributed by atoms with Gasteiger partial charge in [-0.15, -0.1) is 0 Å². The van der Waals surface area contributed by atoms with E-state index in [1.165, 1.54) is 0 Å². The third-order valence-corrected chi connectivity index (χ3v) is 6.23. The van der Waals surface area contributed by atoms with Crippen molar-refractivity contribution in [3.63, 3.8) is 0 Å². The Morgan fingerprint density at radius 1 is 0.939 bits per heavy atom. The van der Waals surface area contributed by atoms with E-state index in [0.29, 0.717) is 48.1 Å². The van der Waals surface area contributed by atoms with Crippen molar-refractivity contribution in [1.29, 1.82) is 0 Å². The predicted octanol–water partition coefficient (Wildman–Crippen LogP) is 6.06. The van der Waals surface area contributed by atoms with E-state index in [1.54, 1.807) is 23.1 Å². The Morgan fingerprint density at radius 3 is 2.30 bits per heavy atom. The second-order valence-corrected chi connectivity index (χ2v) is 8.82. The Bertz CT molecular complexity index is 1110. The third-order valence-electron chi connectivity index (χ3n) is 5.68. The van der Waals surface area contributed by atoms with E-state index in [1.807, 2.05) is 54.6 Å². The minimum atomic E-state index is -0.149. The number of likely N-dealkylation sites (tertiary alicyclic amines) is 1. The molecule has 5 nitrogen and oxygen atoms in total. The molecule has 1 fully saturated rings. The molecule has 0 radical (unpaired) electrons. The second kappa shape index (κ2) is 10.7. The lowest BCUT2D eigenvalue weighted by atomic mass is 9.95. The summed E-state index contributed by atoms with van der Waals surface area (Å²) in [7, 11) is 0. The van der Waals surface area contributed by atoms with Gasteiger partial charge in [-0.25, -0.2) is 0 Å². The molecule has 1 saturated heterocycles. The number of anilines is 1. The molecule has 1 N–H and O–H groups in total. The largest absolute Gasteiger partial charge is 0.489 e. The molecule has 0 spiro atoms. The number of amides is 2. The predicted molar refractivity (Wildman–Crippen MR) is 131 cm³/mol. The first-order chi connectivity index (χ1) is 16.0. The van der Waals surface area contributed by atoms with Crippen molar-refractivity contribution in [1.82, 2.24) is 4.90 Å². The van der Waals surface area contributed by atoms with Crippen molar-refractivity contribution in [3.05, 3.63) is 94.0 Å². The lowest BCUT2D eigenvalue weighted by Crippen LogP contribution is -2.41. The average molecular weight is 483 g/mol. The van der Waals surface area contributed by atoms with E-state index in [9.17, 15) is 9.59 Å². The van der Waals surface area contributed by atoms with Crippen LogP contribution in [-0.4, -0.2) is 29.8 Å². The van der Waals surface area contributed by atoms with Gasteiger partial charge >= 0.3 is 0 Å². The van der Waals surface area contributed by atoms with Gasteiger partial charge in [-0.2, -0.15) is 0 Å². The topological polar surface area (TPSA) is 58.6 Å². The maximum Gasteiger partial charge on any atom is 0.255 e. The lowest BCUT2D eigenvalue weighted by molar-refractivity contribution is -0.121. The number of benzene rings is 3. The first kappa shape index (κ1) is 23.1. The Labute approximate surface area is 203 Å². The zero-order chi connectivity index (χ0) is 23.2. The number of ether oxygens (including phenoxy) is 1. The highest BCUT2D eigenvalue weighted by Gasteiger charge is 2.28. The first-order valence-corrected chi connectivity index (χ1v) is 11.6. The minimum Gasteiger partial charge on any atom is -0.489 e. The van der Waals surface area contributed by atoms with Crippen LogP contribution in [0.4, 0.5) is 5.69 Å². The van der Waals surface area contributed by atoms with Gasteiger partial charge in [0.2, 0.25) is 5.91 Å². The van der Waals surface area contributed by atoms with Crippen LogP contribution in [0.3, 0.4) is 0 Å². The van der Waals surface area contributed by atoms with Crippen LogP contribution in [0.25, 0.3) is 0 Å². The van der Waals surface area contributed by atoms with Crippen molar-refractivity contribution in [2.75, 3.05) is 18.4 Å². The number of piperidine rings is 1. The number of rotatable bonds is 6. The standard InChI is InChI=1S/C26H24Cl2N2O3/c27-20-6-11-23(24(28)16-20)26(32)30-14-12-19(13-15-30)25(31)29-21-7-9-22(10-8-21)33-17-18-4-2-1-3-5-18/h1-11,16,19H,12-15,17H2,(H,29,31). The maximum atomic E-state index is 12.8. The Hall–Kier alpha value is -3.02. The smallest absolute Gasteiger partial charge is 0.255 e. The monoisotopic (exact) mass is 482 g/mol. The van der Waals surface area contributed by atoms with Gasteiger partial charge in [-0.3, -0.25) is 9.59 Å². The summed E-state index contributed by atoms with van der Waals surface area (Å²) in [5, 5.41) is 3.80. The van der Waals surface area contributed by atoms with E-state index < -0.39 is 0 Å². The number of nitrogens with one attached hydrogen (secondary N) is 1. The van der Waals surface area contributed by atoms with Crippen LogP contribution in [-0.2, 0) is 11.4 Å². The SMILES string of the molecule is O=C(Nc1ccc(OCc2ccccc2)cc1)C1CCN(C(=O)c2ccc(Cl)cc2Cl)CC1. The van der Waals surface area contributed by atoms with Crippen molar-refractivity contribution in [3.8, 4) is 5.75 Å². The minimum absolute atomic E-state index is 0.0374. The van der Waals surface area contributed by atoms with E-state index in [-0.39, 0.29) is 17.7 Å². The number of hydrogen-bond donors (Lipinski definition) is 1. The van der Waals surface area contributed by atoms with E-state index in [2.05, 4.69) is 5.32 Å². The summed E-state index contributed by atoms with van der Waals surface area (Å²) < 4.78 is 5.79. The molecule has 1 aliphatic rings. The highest BCUT2D eigenvalue weighted by Crippen LogP contribution is 2.26. The average Bonchev–Trinajstić information content (AvgIpc) is 2.84. The summed E-state index contributed by atoms with van der Waals surface area (Å²) in [6.07, 6.45) is 1.20. The Balaban J connectivity index is 1.26. The van der Waals surface area contributed by atoms with E-state index in [0.717, 1.165) is 17.0 Å². The van der Waals surface area contributed by atoms with Crippen molar-refractivity contribution < 1.29 is 14.3 Å². The third kappa shape index (κ3) is 6.06. The van der Waals surface area contributed by atoms with Crippen molar-refractivity contribution in [2.45, 2.75) is 19.4 Å². The molecule has 4 rings (SSSR count). The molecule has 3 aromatic carbocycles. The molecule has 0 aromatic heterocycles. The Morgan fingerprint density at radius 2 is 1.64 bits per heavy atom. The van der Waals surface area contributed by atoms with Crippen LogP contribution in [0.2, 0.25) is 10.0 Å². The molecule has 7 heteroatoms. The molecule has 0 aliphatic carbocycles. The molecule has 0 unspecified atom stereocenters. The fraction of sp³-hybridized carbons (Fsp3) is 0.231.